The molecular weight excluding hydrogens is 260 g/mol. The van der Waals surface area contributed by atoms with Crippen LogP contribution in [0.1, 0.15) is 18.9 Å². The van der Waals surface area contributed by atoms with Crippen LogP contribution in [-0.2, 0) is 11.3 Å². The fourth-order valence-corrected chi connectivity index (χ4v) is 2.52. The van der Waals surface area contributed by atoms with Gasteiger partial charge in [-0.3, -0.25) is 4.68 Å². The molecule has 1 aliphatic rings. The fourth-order valence-electron chi connectivity index (χ4n) is 2.52. The third-order valence-electron chi connectivity index (χ3n) is 3.59. The minimum Gasteiger partial charge on any atom is -0.480 e. The monoisotopic (exact) mass is 280 g/mol. The molecule has 2 N–H and O–H groups in total. The predicted molar refractivity (Wildman–Crippen MR) is 72.3 cm³/mol. The molecule has 110 valence electrons. The molecule has 1 aromatic heterocycles. The average Bonchev–Trinajstić information content (AvgIpc) is 2.95. The molecule has 2 atom stereocenters. The molecule has 0 aliphatic carbocycles. The molecule has 1 aliphatic heterocycles. The van der Waals surface area contributed by atoms with E-state index in [0.29, 0.717) is 19.6 Å². The topological polar surface area (TPSA) is 87.5 Å². The van der Waals surface area contributed by atoms with Gasteiger partial charge in [0.05, 0.1) is 12.7 Å². The Morgan fingerprint density at radius 3 is 2.90 bits per heavy atom. The van der Waals surface area contributed by atoms with E-state index >= 15 is 0 Å². The number of carbonyl (C=O) groups excluding carboxylic acids is 1. The number of hydrogen-bond donors (Lipinski definition) is 2. The standard InChI is InChI=1S/C13H20N4O3/c1-9-7-15-16(8-9)6-4-14-13(20)17-5-3-10(2)11(17)12(18)19/h7-8,10-11H,3-6H2,1-2H3,(H,14,20)(H,18,19). The molecule has 0 spiro atoms. The quantitative estimate of drug-likeness (QED) is 0.849. The van der Waals surface area contributed by atoms with Crippen molar-refractivity contribution in [2.24, 2.45) is 5.92 Å². The van der Waals surface area contributed by atoms with Crippen molar-refractivity contribution in [3.8, 4) is 0 Å². The van der Waals surface area contributed by atoms with E-state index in [1.165, 1.54) is 4.90 Å². The van der Waals surface area contributed by atoms with Gasteiger partial charge in [0.2, 0.25) is 0 Å². The lowest BCUT2D eigenvalue weighted by Gasteiger charge is -2.23. The van der Waals surface area contributed by atoms with E-state index in [0.717, 1.165) is 12.0 Å². The van der Waals surface area contributed by atoms with Crippen molar-refractivity contribution in [2.45, 2.75) is 32.9 Å². The summed E-state index contributed by atoms with van der Waals surface area (Å²) < 4.78 is 1.75. The molecule has 2 rings (SSSR count). The molecule has 0 aromatic carbocycles. The molecule has 1 saturated heterocycles. The largest absolute Gasteiger partial charge is 0.480 e. The normalized spacial score (nSPS) is 22.0. The van der Waals surface area contributed by atoms with Gasteiger partial charge in [-0.1, -0.05) is 6.92 Å². The number of hydrogen-bond acceptors (Lipinski definition) is 3. The summed E-state index contributed by atoms with van der Waals surface area (Å²) in [4.78, 5) is 24.6. The first-order chi connectivity index (χ1) is 9.49. The van der Waals surface area contributed by atoms with Gasteiger partial charge in [-0.25, -0.2) is 9.59 Å². The van der Waals surface area contributed by atoms with Crippen LogP contribution in [0, 0.1) is 12.8 Å². The second-order valence-corrected chi connectivity index (χ2v) is 5.26. The second kappa shape index (κ2) is 5.94. The van der Waals surface area contributed by atoms with Crippen molar-refractivity contribution >= 4 is 12.0 Å². The average molecular weight is 280 g/mol. The molecule has 1 aromatic rings. The van der Waals surface area contributed by atoms with E-state index in [1.54, 1.807) is 10.9 Å². The third kappa shape index (κ3) is 3.09. The van der Waals surface area contributed by atoms with Gasteiger partial charge in [-0.2, -0.15) is 5.10 Å². The number of amides is 2. The molecule has 7 nitrogen and oxygen atoms in total. The van der Waals surface area contributed by atoms with Crippen LogP contribution in [0.4, 0.5) is 4.79 Å². The molecule has 7 heteroatoms. The van der Waals surface area contributed by atoms with Crippen molar-refractivity contribution in [3.05, 3.63) is 18.0 Å². The van der Waals surface area contributed by atoms with Crippen LogP contribution < -0.4 is 5.32 Å². The second-order valence-electron chi connectivity index (χ2n) is 5.26. The summed E-state index contributed by atoms with van der Waals surface area (Å²) in [7, 11) is 0. The Hall–Kier alpha value is -2.05. The number of rotatable bonds is 4. The Bertz CT molecular complexity index is 500. The Labute approximate surface area is 117 Å². The maximum atomic E-state index is 12.0. The van der Waals surface area contributed by atoms with Gasteiger partial charge >= 0.3 is 12.0 Å². The van der Waals surface area contributed by atoms with Gasteiger partial charge in [-0.05, 0) is 24.8 Å². The Balaban J connectivity index is 1.84. The molecule has 1 fully saturated rings. The van der Waals surface area contributed by atoms with Crippen LogP contribution in [0.5, 0.6) is 0 Å². The van der Waals surface area contributed by atoms with Gasteiger partial charge in [0, 0.05) is 19.3 Å². The van der Waals surface area contributed by atoms with Crippen molar-refractivity contribution in [1.82, 2.24) is 20.0 Å². The molecule has 0 radical (unpaired) electrons. The van der Waals surface area contributed by atoms with Crippen molar-refractivity contribution < 1.29 is 14.7 Å². The lowest BCUT2D eigenvalue weighted by Crippen LogP contribution is -2.48. The zero-order valence-electron chi connectivity index (χ0n) is 11.7. The number of nitrogens with zero attached hydrogens (tertiary/aromatic N) is 3. The number of likely N-dealkylation sites (tertiary alicyclic amines) is 1. The Morgan fingerprint density at radius 2 is 2.30 bits per heavy atom. The van der Waals surface area contributed by atoms with E-state index < -0.39 is 12.0 Å². The van der Waals surface area contributed by atoms with Crippen molar-refractivity contribution in [2.75, 3.05) is 13.1 Å². The minimum absolute atomic E-state index is 0.00739. The smallest absolute Gasteiger partial charge is 0.326 e. The van der Waals surface area contributed by atoms with Crippen LogP contribution in [0.3, 0.4) is 0 Å². The number of aromatic nitrogens is 2. The number of aliphatic carboxylic acids is 1. The van der Waals surface area contributed by atoms with Crippen LogP contribution in [-0.4, -0.2) is 50.9 Å². The molecule has 2 amide bonds. The molecule has 2 unspecified atom stereocenters. The van der Waals surface area contributed by atoms with Crippen LogP contribution in [0.25, 0.3) is 0 Å². The molecule has 20 heavy (non-hydrogen) atoms. The lowest BCUT2D eigenvalue weighted by atomic mass is 10.0. The summed E-state index contributed by atoms with van der Waals surface area (Å²) >= 11 is 0. The molecule has 2 heterocycles. The van der Waals surface area contributed by atoms with E-state index in [4.69, 9.17) is 0 Å². The highest BCUT2D eigenvalue weighted by atomic mass is 16.4. The van der Waals surface area contributed by atoms with Gasteiger partial charge in [0.25, 0.3) is 0 Å². The summed E-state index contributed by atoms with van der Waals surface area (Å²) in [6.07, 6.45) is 4.37. The first kappa shape index (κ1) is 14.4. The minimum atomic E-state index is -0.937. The summed E-state index contributed by atoms with van der Waals surface area (Å²) in [6, 6.07) is -1.03. The highest BCUT2D eigenvalue weighted by Crippen LogP contribution is 2.23. The van der Waals surface area contributed by atoms with E-state index in [1.807, 2.05) is 20.0 Å². The highest BCUT2D eigenvalue weighted by molar-refractivity contribution is 5.83. The summed E-state index contributed by atoms with van der Waals surface area (Å²) in [5.41, 5.74) is 1.07. The number of carbonyl (C=O) groups is 2. The first-order valence-corrected chi connectivity index (χ1v) is 6.75. The maximum Gasteiger partial charge on any atom is 0.326 e. The van der Waals surface area contributed by atoms with E-state index in [2.05, 4.69) is 10.4 Å². The SMILES string of the molecule is Cc1cnn(CCNC(=O)N2CCC(C)C2C(=O)O)c1. The Kier molecular flexibility index (Phi) is 4.26. The number of carboxylic acids is 1. The summed E-state index contributed by atoms with van der Waals surface area (Å²) in [5, 5.41) is 16.0. The third-order valence-corrected chi connectivity index (χ3v) is 3.59. The van der Waals surface area contributed by atoms with Gasteiger partial charge in [0.1, 0.15) is 6.04 Å². The molecule has 0 saturated carbocycles. The van der Waals surface area contributed by atoms with Crippen LogP contribution in [0.15, 0.2) is 12.4 Å². The zero-order chi connectivity index (χ0) is 14.7. The highest BCUT2D eigenvalue weighted by Gasteiger charge is 2.39. The molecule has 0 bridgehead atoms. The zero-order valence-corrected chi connectivity index (χ0v) is 11.7. The van der Waals surface area contributed by atoms with Gasteiger partial charge in [-0.15, -0.1) is 0 Å². The van der Waals surface area contributed by atoms with Crippen LogP contribution in [0.2, 0.25) is 0 Å². The van der Waals surface area contributed by atoms with E-state index in [-0.39, 0.29) is 11.9 Å². The maximum absolute atomic E-state index is 12.0. The van der Waals surface area contributed by atoms with Crippen molar-refractivity contribution in [1.29, 1.82) is 0 Å². The predicted octanol–water partition coefficient (Wildman–Crippen LogP) is 0.696. The fraction of sp³-hybridized carbons (Fsp3) is 0.615. The lowest BCUT2D eigenvalue weighted by molar-refractivity contribution is -0.142. The number of urea groups is 1. The summed E-state index contributed by atoms with van der Waals surface area (Å²) in [5.74, 6) is -0.945. The molecular formula is C13H20N4O3. The van der Waals surface area contributed by atoms with Gasteiger partial charge < -0.3 is 15.3 Å². The summed E-state index contributed by atoms with van der Waals surface area (Å²) in [6.45, 7) is 5.30. The number of carboxylic acid groups (broad SMARTS) is 1. The van der Waals surface area contributed by atoms with E-state index in [9.17, 15) is 14.7 Å². The number of nitrogens with one attached hydrogen (secondary N) is 1. The van der Waals surface area contributed by atoms with Crippen LogP contribution >= 0.6 is 0 Å². The van der Waals surface area contributed by atoms with Gasteiger partial charge in [0.15, 0.2) is 0 Å². The number of aryl methyl sites for hydroxylation is 1. The first-order valence-electron chi connectivity index (χ1n) is 6.75. The van der Waals surface area contributed by atoms with Crippen molar-refractivity contribution in [3.63, 3.8) is 0 Å². The Morgan fingerprint density at radius 1 is 1.55 bits per heavy atom.